The van der Waals surface area contributed by atoms with E-state index in [1.165, 1.54) is 18.1 Å². The van der Waals surface area contributed by atoms with Gasteiger partial charge in [-0.25, -0.2) is 4.98 Å². The average molecular weight is 544 g/mol. The number of alkyl halides is 3. The van der Waals surface area contributed by atoms with Gasteiger partial charge in [-0.15, -0.1) is 35.3 Å². The van der Waals surface area contributed by atoms with Gasteiger partial charge in [0, 0.05) is 37.6 Å². The van der Waals surface area contributed by atoms with E-state index in [1.807, 2.05) is 13.1 Å². The predicted octanol–water partition coefficient (Wildman–Crippen LogP) is 3.93. The second kappa shape index (κ2) is 12.1. The summed E-state index contributed by atoms with van der Waals surface area (Å²) in [5.41, 5.74) is 0.815. The van der Waals surface area contributed by atoms with Gasteiger partial charge in [0.25, 0.3) is 0 Å². The molecule has 1 aromatic carbocycles. The van der Waals surface area contributed by atoms with Gasteiger partial charge in [0.15, 0.2) is 24.1 Å². The van der Waals surface area contributed by atoms with E-state index < -0.39 is 12.8 Å². The molecule has 0 unspecified atom stereocenters. The molecule has 29 heavy (non-hydrogen) atoms. The van der Waals surface area contributed by atoms with Gasteiger partial charge in [0.05, 0.1) is 12.1 Å². The fourth-order valence-corrected chi connectivity index (χ4v) is 3.10. The molecule has 0 spiro atoms. The van der Waals surface area contributed by atoms with Gasteiger partial charge >= 0.3 is 6.18 Å². The number of methoxy groups -OCH3 is 1. The normalized spacial score (nSPS) is 11.6. The molecule has 1 heterocycles. The maximum absolute atomic E-state index is 12.3. The van der Waals surface area contributed by atoms with E-state index in [0.717, 1.165) is 17.0 Å². The van der Waals surface area contributed by atoms with Crippen LogP contribution in [0.2, 0.25) is 0 Å². The number of aliphatic imine (C=N–C) groups is 1. The molecule has 0 saturated carbocycles. The van der Waals surface area contributed by atoms with Crippen molar-refractivity contribution in [3.8, 4) is 11.5 Å². The summed E-state index contributed by atoms with van der Waals surface area (Å²) in [6.45, 7) is 1.76. The molecule has 0 saturated heterocycles. The molecule has 0 radical (unpaired) electrons. The lowest BCUT2D eigenvalue weighted by molar-refractivity contribution is -0.153. The first-order valence-electron chi connectivity index (χ1n) is 8.53. The van der Waals surface area contributed by atoms with Crippen LogP contribution in [0.25, 0.3) is 0 Å². The average Bonchev–Trinajstić information content (AvgIpc) is 3.07. The summed E-state index contributed by atoms with van der Waals surface area (Å²) in [5.74, 6) is 0.903. The Morgan fingerprint density at radius 1 is 1.24 bits per heavy atom. The molecule has 2 aromatic rings. The van der Waals surface area contributed by atoms with Crippen LogP contribution in [0.4, 0.5) is 13.2 Å². The highest BCUT2D eigenvalue weighted by Gasteiger charge is 2.29. The van der Waals surface area contributed by atoms with Gasteiger partial charge < -0.3 is 20.1 Å². The molecule has 0 amide bonds. The second-order valence-electron chi connectivity index (χ2n) is 5.86. The molecule has 0 aliphatic carbocycles. The van der Waals surface area contributed by atoms with E-state index in [1.54, 1.807) is 30.5 Å². The first-order valence-corrected chi connectivity index (χ1v) is 9.34. The zero-order chi connectivity index (χ0) is 20.6. The monoisotopic (exact) mass is 544 g/mol. The molecule has 11 heteroatoms. The van der Waals surface area contributed by atoms with Crippen molar-refractivity contribution in [3.05, 3.63) is 39.8 Å². The van der Waals surface area contributed by atoms with Crippen LogP contribution in [0.5, 0.6) is 11.5 Å². The highest BCUT2D eigenvalue weighted by atomic mass is 127. The van der Waals surface area contributed by atoms with E-state index >= 15 is 0 Å². The Morgan fingerprint density at radius 2 is 2.00 bits per heavy atom. The van der Waals surface area contributed by atoms with Crippen molar-refractivity contribution in [1.29, 1.82) is 0 Å². The van der Waals surface area contributed by atoms with Crippen LogP contribution in [0, 0.1) is 6.92 Å². The number of nitrogens with zero attached hydrogens (tertiary/aromatic N) is 2. The Bertz CT molecular complexity index is 800. The molecule has 0 aliphatic rings. The summed E-state index contributed by atoms with van der Waals surface area (Å²) in [6.07, 6.45) is -1.76. The smallest absolute Gasteiger partial charge is 0.422 e. The maximum Gasteiger partial charge on any atom is 0.422 e. The minimum atomic E-state index is -4.40. The van der Waals surface area contributed by atoms with Crippen molar-refractivity contribution in [1.82, 2.24) is 15.6 Å². The number of rotatable bonds is 8. The summed E-state index contributed by atoms with van der Waals surface area (Å²) >= 11 is 1.66. The Balaban J connectivity index is 0.00000420. The van der Waals surface area contributed by atoms with Crippen LogP contribution in [-0.4, -0.2) is 44.4 Å². The van der Waals surface area contributed by atoms with Crippen LogP contribution in [0.1, 0.15) is 15.4 Å². The Kier molecular flexibility index (Phi) is 10.5. The third kappa shape index (κ3) is 9.07. The Morgan fingerprint density at radius 3 is 2.59 bits per heavy atom. The van der Waals surface area contributed by atoms with Crippen LogP contribution in [0.15, 0.2) is 29.4 Å². The Hall–Kier alpha value is -1.76. The van der Waals surface area contributed by atoms with E-state index in [2.05, 4.69) is 20.6 Å². The third-order valence-corrected chi connectivity index (χ3v) is 4.58. The molecule has 0 atom stereocenters. The van der Waals surface area contributed by atoms with Crippen molar-refractivity contribution >= 4 is 41.3 Å². The number of nitrogens with one attached hydrogen (secondary N) is 2. The zero-order valence-corrected chi connectivity index (χ0v) is 19.4. The number of aromatic nitrogens is 1. The minimum Gasteiger partial charge on any atom is -0.493 e. The molecule has 2 N–H and O–H groups in total. The molecule has 162 valence electrons. The van der Waals surface area contributed by atoms with Gasteiger partial charge in [-0.05, 0) is 24.6 Å². The topological polar surface area (TPSA) is 67.8 Å². The summed E-state index contributed by atoms with van der Waals surface area (Å²) < 4.78 is 46.9. The van der Waals surface area contributed by atoms with Gasteiger partial charge in [0.2, 0.25) is 0 Å². The second-order valence-corrected chi connectivity index (χ2v) is 7.18. The number of hydrogen-bond acceptors (Lipinski definition) is 5. The zero-order valence-electron chi connectivity index (χ0n) is 16.3. The number of halogens is 4. The molecule has 2 rings (SSSR count). The lowest BCUT2D eigenvalue weighted by atomic mass is 10.2. The standard InChI is InChI=1S/C18H23F3N4O2S.HI/c1-12-9-24-16(28-12)6-7-23-17(22-2)25-10-13-4-5-14(15(8-13)26-3)27-11-18(19,20)21;/h4-5,8-9H,6-7,10-11H2,1-3H3,(H2,22,23,25);1H. The molecule has 1 aromatic heterocycles. The maximum atomic E-state index is 12.3. The van der Waals surface area contributed by atoms with Crippen molar-refractivity contribution in [2.75, 3.05) is 27.3 Å². The number of guanidine groups is 1. The fraction of sp³-hybridized carbons (Fsp3) is 0.444. The van der Waals surface area contributed by atoms with Crippen molar-refractivity contribution in [2.45, 2.75) is 26.1 Å². The van der Waals surface area contributed by atoms with Crippen molar-refractivity contribution in [2.24, 2.45) is 4.99 Å². The highest BCUT2D eigenvalue weighted by molar-refractivity contribution is 14.0. The van der Waals surface area contributed by atoms with Crippen LogP contribution in [-0.2, 0) is 13.0 Å². The lowest BCUT2D eigenvalue weighted by Crippen LogP contribution is -2.37. The van der Waals surface area contributed by atoms with E-state index in [4.69, 9.17) is 9.47 Å². The molecular formula is C18H24F3IN4O2S. The van der Waals surface area contributed by atoms with Crippen molar-refractivity contribution < 1.29 is 22.6 Å². The highest BCUT2D eigenvalue weighted by Crippen LogP contribution is 2.29. The molecule has 0 fully saturated rings. The number of ether oxygens (including phenoxy) is 2. The first-order chi connectivity index (χ1) is 13.3. The van der Waals surface area contributed by atoms with Crippen molar-refractivity contribution in [3.63, 3.8) is 0 Å². The fourth-order valence-electron chi connectivity index (χ4n) is 2.31. The molecule has 0 aliphatic heterocycles. The predicted molar refractivity (Wildman–Crippen MR) is 119 cm³/mol. The van der Waals surface area contributed by atoms with E-state index in [-0.39, 0.29) is 35.5 Å². The van der Waals surface area contributed by atoms with Crippen LogP contribution >= 0.6 is 35.3 Å². The van der Waals surface area contributed by atoms with Gasteiger partial charge in [-0.1, -0.05) is 6.07 Å². The first kappa shape index (κ1) is 25.3. The minimum absolute atomic E-state index is 0. The van der Waals surface area contributed by atoms with Gasteiger partial charge in [0.1, 0.15) is 0 Å². The summed E-state index contributed by atoms with van der Waals surface area (Å²) in [4.78, 5) is 9.64. The molecular weight excluding hydrogens is 520 g/mol. The molecule has 6 nitrogen and oxygen atoms in total. The van der Waals surface area contributed by atoms with Crippen LogP contribution in [0.3, 0.4) is 0 Å². The quantitative estimate of drug-likeness (QED) is 0.300. The summed E-state index contributed by atoms with van der Waals surface area (Å²) in [6, 6.07) is 4.76. The number of thiazole rings is 1. The Labute approximate surface area is 188 Å². The lowest BCUT2D eigenvalue weighted by Gasteiger charge is -2.15. The SMILES string of the molecule is CN=C(NCCc1ncc(C)s1)NCc1ccc(OCC(F)(F)F)c(OC)c1.I. The van der Waals surface area contributed by atoms with Gasteiger partial charge in [-0.2, -0.15) is 13.2 Å². The largest absolute Gasteiger partial charge is 0.493 e. The number of benzene rings is 1. The van der Waals surface area contributed by atoms with E-state index in [9.17, 15) is 13.2 Å². The van der Waals surface area contributed by atoms with E-state index in [0.29, 0.717) is 19.0 Å². The van der Waals surface area contributed by atoms with Crippen LogP contribution < -0.4 is 20.1 Å². The summed E-state index contributed by atoms with van der Waals surface area (Å²) in [5, 5.41) is 7.40. The van der Waals surface area contributed by atoms with Gasteiger partial charge in [-0.3, -0.25) is 4.99 Å². The third-order valence-electron chi connectivity index (χ3n) is 3.60. The molecule has 0 bridgehead atoms. The summed E-state index contributed by atoms with van der Waals surface area (Å²) in [7, 11) is 3.05. The number of aryl methyl sites for hydroxylation is 1. The number of hydrogen-bond donors (Lipinski definition) is 2.